The van der Waals surface area contributed by atoms with Crippen molar-refractivity contribution in [3.05, 3.63) is 63.1 Å². The van der Waals surface area contributed by atoms with Gasteiger partial charge in [-0.2, -0.15) is 0 Å². The third-order valence-corrected chi connectivity index (χ3v) is 7.49. The van der Waals surface area contributed by atoms with Crippen LogP contribution in [0.3, 0.4) is 0 Å². The Morgan fingerprint density at radius 3 is 2.74 bits per heavy atom. The number of aromatic nitrogens is 1. The molecule has 6 rings (SSSR count). The Bertz CT molecular complexity index is 1290. The van der Waals surface area contributed by atoms with E-state index in [2.05, 4.69) is 5.32 Å². The van der Waals surface area contributed by atoms with E-state index < -0.39 is 46.4 Å². The van der Waals surface area contributed by atoms with Gasteiger partial charge >= 0.3 is 0 Å². The molecule has 178 valence electrons. The van der Waals surface area contributed by atoms with Gasteiger partial charge in [-0.1, -0.05) is 6.07 Å². The molecule has 1 aromatic heterocycles. The van der Waals surface area contributed by atoms with Crippen LogP contribution in [-0.4, -0.2) is 44.8 Å². The van der Waals surface area contributed by atoms with E-state index in [1.54, 1.807) is 4.90 Å². The average Bonchev–Trinajstić information content (AvgIpc) is 3.55. The number of ether oxygens (including phenoxy) is 1. The Morgan fingerprint density at radius 1 is 1.21 bits per heavy atom. The molecule has 2 aromatic rings. The van der Waals surface area contributed by atoms with Crippen LogP contribution < -0.4 is 10.7 Å². The lowest BCUT2D eigenvalue weighted by atomic mass is 9.89. The number of halogens is 2. The summed E-state index contributed by atoms with van der Waals surface area (Å²) in [6.45, 7) is 0.180. The molecule has 2 N–H and O–H groups in total. The smallest absolute Gasteiger partial charge is 0.276 e. The van der Waals surface area contributed by atoms with Crippen molar-refractivity contribution < 1.29 is 28.2 Å². The molecule has 1 saturated heterocycles. The number of carbonyl (C=O) groups is 2. The lowest BCUT2D eigenvalue weighted by molar-refractivity contribution is -0.170. The fraction of sp³-hybridized carbons (Fsp3) is 0.458. The summed E-state index contributed by atoms with van der Waals surface area (Å²) in [5.74, 6) is -3.59. The monoisotopic (exact) mass is 471 g/mol. The van der Waals surface area contributed by atoms with Crippen molar-refractivity contribution in [1.29, 1.82) is 0 Å². The first-order valence-corrected chi connectivity index (χ1v) is 11.5. The number of nitrogens with one attached hydrogen (secondary N) is 1. The van der Waals surface area contributed by atoms with Gasteiger partial charge in [0.2, 0.25) is 5.43 Å². The van der Waals surface area contributed by atoms with Crippen molar-refractivity contribution in [2.24, 2.45) is 0 Å². The second-order valence-electron chi connectivity index (χ2n) is 9.63. The van der Waals surface area contributed by atoms with Gasteiger partial charge < -0.3 is 24.6 Å². The van der Waals surface area contributed by atoms with Crippen molar-refractivity contribution in [2.75, 3.05) is 0 Å². The van der Waals surface area contributed by atoms with Gasteiger partial charge in [-0.05, 0) is 44.6 Å². The van der Waals surface area contributed by atoms with Gasteiger partial charge in [0.05, 0.1) is 18.2 Å². The normalized spacial score (nSPS) is 26.5. The summed E-state index contributed by atoms with van der Waals surface area (Å²) in [7, 11) is 0. The highest BCUT2D eigenvalue weighted by Crippen LogP contribution is 2.46. The number of benzene rings is 1. The SMILES string of the molecule is O=C(NC1(c2ccc(F)cc2F)CC1)c1cn2c(c(O)c1=O)C(=O)N1C3CCC[C@H](C3)OC1C2. The standard InChI is InChI=1S/C24H23F2N3O5/c25-12-4-5-16(17(26)8-12)24(6-7-24)27-22(32)15-10-28-11-18-29(13-2-1-3-14(9-13)34-18)23(33)19(28)21(31)20(15)30/h4-5,8,10,13-14,18,31H,1-3,6-7,9,11H2,(H,27,32)/t13?,14-,18?/m1/s1. The van der Waals surface area contributed by atoms with E-state index in [-0.39, 0.29) is 35.5 Å². The van der Waals surface area contributed by atoms with Crippen molar-refractivity contribution in [2.45, 2.75) is 69.0 Å². The van der Waals surface area contributed by atoms with Gasteiger partial charge in [0.1, 0.15) is 17.2 Å². The van der Waals surface area contributed by atoms with Gasteiger partial charge in [0.15, 0.2) is 17.7 Å². The quantitative estimate of drug-likeness (QED) is 0.716. The van der Waals surface area contributed by atoms with Crippen molar-refractivity contribution in [3.63, 3.8) is 0 Å². The maximum absolute atomic E-state index is 14.4. The van der Waals surface area contributed by atoms with Crippen LogP contribution in [0.4, 0.5) is 8.78 Å². The Labute approximate surface area is 193 Å². The first-order valence-electron chi connectivity index (χ1n) is 11.5. The van der Waals surface area contributed by atoms with E-state index in [0.717, 1.165) is 37.8 Å². The van der Waals surface area contributed by atoms with Crippen LogP contribution in [0.5, 0.6) is 5.75 Å². The molecule has 3 heterocycles. The van der Waals surface area contributed by atoms with Gasteiger partial charge in [-0.15, -0.1) is 0 Å². The van der Waals surface area contributed by atoms with Crippen molar-refractivity contribution in [1.82, 2.24) is 14.8 Å². The Hall–Kier alpha value is -3.27. The van der Waals surface area contributed by atoms with E-state index in [0.29, 0.717) is 12.8 Å². The highest BCUT2D eigenvalue weighted by molar-refractivity contribution is 5.99. The third-order valence-electron chi connectivity index (χ3n) is 7.49. The topological polar surface area (TPSA) is 101 Å². The van der Waals surface area contributed by atoms with Crippen LogP contribution in [0.25, 0.3) is 0 Å². The number of carbonyl (C=O) groups excluding carboxylic acids is 2. The zero-order valence-corrected chi connectivity index (χ0v) is 18.2. The van der Waals surface area contributed by atoms with Crippen LogP contribution in [-0.2, 0) is 16.8 Å². The first kappa shape index (κ1) is 21.3. The molecule has 2 aliphatic heterocycles. The van der Waals surface area contributed by atoms with E-state index in [1.165, 1.54) is 16.8 Å². The second kappa shape index (κ2) is 7.36. The zero-order chi connectivity index (χ0) is 23.8. The van der Waals surface area contributed by atoms with Crippen molar-refractivity contribution in [3.8, 4) is 5.75 Å². The Kier molecular flexibility index (Phi) is 4.61. The van der Waals surface area contributed by atoms with Gasteiger partial charge in [0.25, 0.3) is 11.8 Å². The molecule has 2 unspecified atom stereocenters. The molecule has 1 aromatic carbocycles. The summed E-state index contributed by atoms with van der Waals surface area (Å²) in [4.78, 5) is 40.8. The molecular formula is C24H23F2N3O5. The average molecular weight is 471 g/mol. The zero-order valence-electron chi connectivity index (χ0n) is 18.2. The van der Waals surface area contributed by atoms with Gasteiger partial charge in [-0.25, -0.2) is 8.78 Å². The van der Waals surface area contributed by atoms with Crippen LogP contribution in [0, 0.1) is 11.6 Å². The summed E-state index contributed by atoms with van der Waals surface area (Å²) in [5, 5.41) is 13.3. The highest BCUT2D eigenvalue weighted by atomic mass is 19.1. The molecule has 34 heavy (non-hydrogen) atoms. The summed E-state index contributed by atoms with van der Waals surface area (Å²) in [6, 6.07) is 3.13. The third kappa shape index (κ3) is 3.15. The predicted octanol–water partition coefficient (Wildman–Crippen LogP) is 2.37. The number of rotatable bonds is 3. The minimum atomic E-state index is -1.05. The van der Waals surface area contributed by atoms with Crippen LogP contribution >= 0.6 is 0 Å². The van der Waals surface area contributed by atoms with E-state index in [9.17, 15) is 28.3 Å². The lowest BCUT2D eigenvalue weighted by Crippen LogP contribution is -2.61. The summed E-state index contributed by atoms with van der Waals surface area (Å²) in [5.41, 5.74) is -2.39. The summed E-state index contributed by atoms with van der Waals surface area (Å²) < 4.78 is 35.2. The molecule has 4 aliphatic rings. The number of hydrogen-bond donors (Lipinski definition) is 2. The minimum Gasteiger partial charge on any atom is -0.503 e. The minimum absolute atomic E-state index is 0.00319. The number of hydrogen-bond acceptors (Lipinski definition) is 5. The van der Waals surface area contributed by atoms with Crippen molar-refractivity contribution >= 4 is 11.8 Å². The number of nitrogens with zero attached hydrogens (tertiary/aromatic N) is 2. The number of fused-ring (bicyclic) bond motifs is 5. The van der Waals surface area contributed by atoms with Crippen LogP contribution in [0.15, 0.2) is 29.2 Å². The maximum atomic E-state index is 14.4. The molecule has 0 spiro atoms. The molecule has 2 bridgehead atoms. The maximum Gasteiger partial charge on any atom is 0.276 e. The second-order valence-corrected chi connectivity index (χ2v) is 9.63. The highest BCUT2D eigenvalue weighted by Gasteiger charge is 2.49. The molecule has 2 saturated carbocycles. The fourth-order valence-electron chi connectivity index (χ4n) is 5.67. The summed E-state index contributed by atoms with van der Waals surface area (Å²) in [6.07, 6.45) is 5.07. The van der Waals surface area contributed by atoms with Crippen LogP contribution in [0.1, 0.15) is 64.9 Å². The fourth-order valence-corrected chi connectivity index (χ4v) is 5.67. The predicted molar refractivity (Wildman–Crippen MR) is 114 cm³/mol. The molecule has 2 aliphatic carbocycles. The van der Waals surface area contributed by atoms with Crippen LogP contribution in [0.2, 0.25) is 0 Å². The van der Waals surface area contributed by atoms with Gasteiger partial charge in [0, 0.05) is 23.9 Å². The van der Waals surface area contributed by atoms with Gasteiger partial charge in [-0.3, -0.25) is 14.4 Å². The molecule has 8 nitrogen and oxygen atoms in total. The molecule has 3 fully saturated rings. The lowest BCUT2D eigenvalue weighted by Gasteiger charge is -2.50. The number of aromatic hydroxyl groups is 1. The molecular weight excluding hydrogens is 448 g/mol. The Balaban J connectivity index is 1.33. The van der Waals surface area contributed by atoms with E-state index >= 15 is 0 Å². The van der Waals surface area contributed by atoms with E-state index in [4.69, 9.17) is 4.74 Å². The van der Waals surface area contributed by atoms with E-state index in [1.807, 2.05) is 0 Å². The molecule has 10 heteroatoms. The molecule has 2 amide bonds. The summed E-state index contributed by atoms with van der Waals surface area (Å²) >= 11 is 0. The molecule has 3 atom stereocenters. The Morgan fingerprint density at radius 2 is 2.00 bits per heavy atom. The largest absolute Gasteiger partial charge is 0.503 e. The first-order chi connectivity index (χ1) is 16.3. The number of pyridine rings is 1. The molecule has 0 radical (unpaired) electrons. The number of amides is 2.